The Labute approximate surface area is 117 Å². The van der Waals surface area contributed by atoms with Crippen LogP contribution in [0.25, 0.3) is 0 Å². The summed E-state index contributed by atoms with van der Waals surface area (Å²) in [6.45, 7) is 7.03. The summed E-state index contributed by atoms with van der Waals surface area (Å²) in [5.74, 6) is 1.28. The molecule has 2 aliphatic rings. The fourth-order valence-corrected chi connectivity index (χ4v) is 4.59. The first-order valence-electron chi connectivity index (χ1n) is 7.65. The molecule has 0 unspecified atom stereocenters. The highest BCUT2D eigenvalue weighted by molar-refractivity contribution is 5.43. The van der Waals surface area contributed by atoms with Crippen molar-refractivity contribution in [2.75, 3.05) is 0 Å². The summed E-state index contributed by atoms with van der Waals surface area (Å²) in [6, 6.07) is 11.1. The van der Waals surface area contributed by atoms with Crippen molar-refractivity contribution in [1.82, 2.24) is 0 Å². The normalized spacial score (nSPS) is 33.0. The third-order valence-electron chi connectivity index (χ3n) is 5.28. The molecule has 2 aliphatic carbocycles. The molecule has 0 aliphatic heterocycles. The predicted octanol–water partition coefficient (Wildman–Crippen LogP) is 5.48. The maximum atomic E-state index is 2.55. The lowest BCUT2D eigenvalue weighted by Crippen LogP contribution is -2.32. The van der Waals surface area contributed by atoms with Crippen LogP contribution in [-0.2, 0) is 0 Å². The quantitative estimate of drug-likeness (QED) is 0.625. The Balaban J connectivity index is 2.13. The van der Waals surface area contributed by atoms with Crippen molar-refractivity contribution in [3.63, 3.8) is 0 Å². The van der Waals surface area contributed by atoms with E-state index in [9.17, 15) is 0 Å². The van der Waals surface area contributed by atoms with Gasteiger partial charge in [-0.2, -0.15) is 0 Å². The fourth-order valence-electron chi connectivity index (χ4n) is 4.59. The van der Waals surface area contributed by atoms with Crippen LogP contribution in [0.5, 0.6) is 0 Å². The minimum atomic E-state index is 0.388. The van der Waals surface area contributed by atoms with Crippen molar-refractivity contribution in [1.29, 1.82) is 0 Å². The molecular weight excluding hydrogens is 228 g/mol. The molecule has 0 radical (unpaired) electrons. The molecule has 0 saturated carbocycles. The summed E-state index contributed by atoms with van der Waals surface area (Å²) < 4.78 is 0. The minimum absolute atomic E-state index is 0.388. The van der Waals surface area contributed by atoms with Gasteiger partial charge in [-0.15, -0.1) is 0 Å². The zero-order valence-corrected chi connectivity index (χ0v) is 12.3. The van der Waals surface area contributed by atoms with E-state index < -0.39 is 0 Å². The van der Waals surface area contributed by atoms with Gasteiger partial charge in [0.2, 0.25) is 0 Å². The number of allylic oxidation sites excluding steroid dienone is 4. The Morgan fingerprint density at radius 2 is 1.84 bits per heavy atom. The van der Waals surface area contributed by atoms with Gasteiger partial charge in [0, 0.05) is 11.3 Å². The second kappa shape index (κ2) is 4.67. The summed E-state index contributed by atoms with van der Waals surface area (Å²) >= 11 is 0. The number of hydrogen-bond acceptors (Lipinski definition) is 0. The third kappa shape index (κ3) is 1.81. The van der Waals surface area contributed by atoms with Gasteiger partial charge in [-0.25, -0.2) is 0 Å². The molecular formula is C19H24. The standard InChI is InChI=1S/C19H24/c1-4-17-12-15-11-14(3)18(19(17,5-2)13-15)16-9-7-6-8-10-16/h6-12,15,18H,4-5,13H2,1-3H3/t15-,18+,19+/m0/s1. The molecule has 3 atom stereocenters. The number of hydrogen-bond donors (Lipinski definition) is 0. The Morgan fingerprint density at radius 3 is 2.47 bits per heavy atom. The van der Waals surface area contributed by atoms with Crippen LogP contribution >= 0.6 is 0 Å². The highest BCUT2D eigenvalue weighted by atomic mass is 14.5. The van der Waals surface area contributed by atoms with Crippen molar-refractivity contribution in [2.45, 2.75) is 46.0 Å². The van der Waals surface area contributed by atoms with Crippen LogP contribution in [0.1, 0.15) is 51.5 Å². The van der Waals surface area contributed by atoms with Crippen molar-refractivity contribution < 1.29 is 0 Å². The average molecular weight is 252 g/mol. The molecule has 0 N–H and O–H groups in total. The van der Waals surface area contributed by atoms with Crippen LogP contribution in [0.3, 0.4) is 0 Å². The summed E-state index contributed by atoms with van der Waals surface area (Å²) in [5.41, 5.74) is 5.16. The second-order valence-corrected chi connectivity index (χ2v) is 6.18. The molecule has 1 aromatic rings. The molecule has 0 aromatic heterocycles. The molecule has 0 heterocycles. The highest BCUT2D eigenvalue weighted by Gasteiger charge is 2.48. The van der Waals surface area contributed by atoms with Crippen molar-refractivity contribution in [2.24, 2.45) is 11.3 Å². The summed E-state index contributed by atoms with van der Waals surface area (Å²) in [6.07, 6.45) is 8.84. The average Bonchev–Trinajstić information content (AvgIpc) is 2.73. The van der Waals surface area contributed by atoms with E-state index >= 15 is 0 Å². The van der Waals surface area contributed by atoms with Gasteiger partial charge in [-0.3, -0.25) is 0 Å². The number of fused-ring (bicyclic) bond motifs is 2. The summed E-state index contributed by atoms with van der Waals surface area (Å²) in [7, 11) is 0. The first-order chi connectivity index (χ1) is 9.21. The molecule has 100 valence electrons. The van der Waals surface area contributed by atoms with Gasteiger partial charge < -0.3 is 0 Å². The Morgan fingerprint density at radius 1 is 1.11 bits per heavy atom. The lowest BCUT2D eigenvalue weighted by Gasteiger charge is -2.43. The number of benzene rings is 1. The van der Waals surface area contributed by atoms with Crippen LogP contribution in [0.2, 0.25) is 0 Å². The SMILES string of the molecule is CCC1=C[C@@H]2C=C(C)[C@H](c3ccccc3)[C@]1(CC)C2. The van der Waals surface area contributed by atoms with E-state index in [1.165, 1.54) is 24.8 Å². The van der Waals surface area contributed by atoms with Gasteiger partial charge in [0.1, 0.15) is 0 Å². The molecule has 0 nitrogen and oxygen atoms in total. The molecule has 0 spiro atoms. The molecule has 19 heavy (non-hydrogen) atoms. The van der Waals surface area contributed by atoms with Gasteiger partial charge in [-0.1, -0.05) is 67.5 Å². The van der Waals surface area contributed by atoms with Crippen LogP contribution in [0, 0.1) is 11.3 Å². The van der Waals surface area contributed by atoms with E-state index in [2.05, 4.69) is 63.3 Å². The molecule has 0 saturated heterocycles. The van der Waals surface area contributed by atoms with Gasteiger partial charge in [0.15, 0.2) is 0 Å². The molecule has 2 bridgehead atoms. The molecule has 0 amide bonds. The van der Waals surface area contributed by atoms with Crippen LogP contribution < -0.4 is 0 Å². The summed E-state index contributed by atoms with van der Waals surface area (Å²) in [5, 5.41) is 0. The minimum Gasteiger partial charge on any atom is -0.0780 e. The zero-order valence-electron chi connectivity index (χ0n) is 12.3. The van der Waals surface area contributed by atoms with E-state index in [1.807, 2.05) is 0 Å². The van der Waals surface area contributed by atoms with E-state index in [4.69, 9.17) is 0 Å². The van der Waals surface area contributed by atoms with Crippen molar-refractivity contribution in [3.8, 4) is 0 Å². The van der Waals surface area contributed by atoms with E-state index in [-0.39, 0.29) is 0 Å². The molecule has 3 rings (SSSR count). The van der Waals surface area contributed by atoms with Gasteiger partial charge in [-0.05, 0) is 37.7 Å². The largest absolute Gasteiger partial charge is 0.0780 e. The van der Waals surface area contributed by atoms with Crippen molar-refractivity contribution >= 4 is 0 Å². The van der Waals surface area contributed by atoms with Crippen molar-refractivity contribution in [3.05, 3.63) is 59.2 Å². The molecule has 1 aromatic carbocycles. The lowest BCUT2D eigenvalue weighted by molar-refractivity contribution is 0.257. The second-order valence-electron chi connectivity index (χ2n) is 6.18. The highest BCUT2D eigenvalue weighted by Crippen LogP contribution is 2.60. The van der Waals surface area contributed by atoms with E-state index in [0.29, 0.717) is 17.3 Å². The Hall–Kier alpha value is -1.30. The first kappa shape index (κ1) is 12.7. The molecule has 0 fully saturated rings. The Kier molecular flexibility index (Phi) is 3.12. The fraction of sp³-hybridized carbons (Fsp3) is 0.474. The van der Waals surface area contributed by atoms with E-state index in [1.54, 1.807) is 11.1 Å². The maximum absolute atomic E-state index is 2.55. The maximum Gasteiger partial charge on any atom is 0.0139 e. The van der Waals surface area contributed by atoms with Gasteiger partial charge in [0.25, 0.3) is 0 Å². The predicted molar refractivity (Wildman–Crippen MR) is 82.1 cm³/mol. The van der Waals surface area contributed by atoms with Crippen LogP contribution in [-0.4, -0.2) is 0 Å². The lowest BCUT2D eigenvalue weighted by atomic mass is 9.60. The van der Waals surface area contributed by atoms with E-state index in [0.717, 1.165) is 0 Å². The monoisotopic (exact) mass is 252 g/mol. The van der Waals surface area contributed by atoms with Gasteiger partial charge >= 0.3 is 0 Å². The van der Waals surface area contributed by atoms with Crippen LogP contribution in [0.4, 0.5) is 0 Å². The molecule has 0 heteroatoms. The summed E-state index contributed by atoms with van der Waals surface area (Å²) in [4.78, 5) is 0. The Bertz CT molecular complexity index is 520. The van der Waals surface area contributed by atoms with Gasteiger partial charge in [0.05, 0.1) is 0 Å². The third-order valence-corrected chi connectivity index (χ3v) is 5.28. The van der Waals surface area contributed by atoms with Crippen LogP contribution in [0.15, 0.2) is 53.6 Å². The smallest absolute Gasteiger partial charge is 0.0139 e. The zero-order chi connectivity index (χ0) is 13.5. The first-order valence-corrected chi connectivity index (χ1v) is 7.65. The topological polar surface area (TPSA) is 0 Å². The number of rotatable bonds is 3.